The van der Waals surface area contributed by atoms with Crippen molar-refractivity contribution in [3.05, 3.63) is 81.4 Å². The number of H-pyrrole nitrogens is 1. The van der Waals surface area contributed by atoms with Crippen LogP contribution in [0.1, 0.15) is 70.7 Å². The Hall–Kier alpha value is -3.01. The SMILES string of the molecule is C=NC(=C\C=C(/C(C)CC)C(O)(CCCC)N1CCOCC1)/C=C/c1n[nH]c2ccc(OC(C)c3c(Cl)cncc3Cl)cc12. The van der Waals surface area contributed by atoms with Gasteiger partial charge in [-0.1, -0.05) is 56.5 Å². The predicted octanol–water partition coefficient (Wildman–Crippen LogP) is 8.19. The zero-order chi connectivity index (χ0) is 31.7. The number of nitrogens with zero attached hydrogens (tertiary/aromatic N) is 4. The number of rotatable bonds is 14. The van der Waals surface area contributed by atoms with E-state index in [1.54, 1.807) is 12.4 Å². The van der Waals surface area contributed by atoms with Crippen molar-refractivity contribution in [3.63, 3.8) is 0 Å². The van der Waals surface area contributed by atoms with Crippen LogP contribution in [-0.2, 0) is 4.74 Å². The third kappa shape index (κ3) is 7.98. The molecule has 0 radical (unpaired) electrons. The first-order valence-electron chi connectivity index (χ1n) is 15.3. The smallest absolute Gasteiger partial charge is 0.141 e. The number of ether oxygens (including phenoxy) is 2. The number of fused-ring (bicyclic) bond motifs is 1. The Bertz CT molecular complexity index is 1490. The van der Waals surface area contributed by atoms with Gasteiger partial charge in [-0.2, -0.15) is 5.10 Å². The quantitative estimate of drug-likeness (QED) is 0.136. The molecule has 1 saturated heterocycles. The van der Waals surface area contributed by atoms with Crippen LogP contribution in [0, 0.1) is 5.92 Å². The molecule has 0 amide bonds. The summed E-state index contributed by atoms with van der Waals surface area (Å²) >= 11 is 12.7. The van der Waals surface area contributed by atoms with Crippen LogP contribution < -0.4 is 4.74 Å². The Kier molecular flexibility index (Phi) is 12.2. The monoisotopic (exact) mass is 639 g/mol. The molecule has 1 aromatic carbocycles. The van der Waals surface area contributed by atoms with Crippen molar-refractivity contribution < 1.29 is 14.6 Å². The molecule has 0 aliphatic carbocycles. The molecule has 2 aromatic heterocycles. The Labute approximate surface area is 270 Å². The van der Waals surface area contributed by atoms with Crippen LogP contribution in [-0.4, -0.2) is 63.9 Å². The lowest BCUT2D eigenvalue weighted by atomic mass is 9.84. The van der Waals surface area contributed by atoms with Crippen molar-refractivity contribution in [2.75, 3.05) is 26.3 Å². The van der Waals surface area contributed by atoms with Gasteiger partial charge in [0.05, 0.1) is 40.2 Å². The minimum absolute atomic E-state index is 0.180. The summed E-state index contributed by atoms with van der Waals surface area (Å²) in [5, 5.41) is 21.5. The molecule has 0 spiro atoms. The van der Waals surface area contributed by atoms with Crippen LogP contribution in [0.4, 0.5) is 0 Å². The maximum atomic E-state index is 12.2. The van der Waals surface area contributed by atoms with Crippen LogP contribution in [0.5, 0.6) is 5.75 Å². The first kappa shape index (κ1) is 33.9. The molecule has 3 heterocycles. The fourth-order valence-electron chi connectivity index (χ4n) is 5.54. The highest BCUT2D eigenvalue weighted by atomic mass is 35.5. The van der Waals surface area contributed by atoms with Crippen molar-refractivity contribution in [3.8, 4) is 5.75 Å². The summed E-state index contributed by atoms with van der Waals surface area (Å²) in [6.45, 7) is 14.8. The Morgan fingerprint density at radius 3 is 2.59 bits per heavy atom. The van der Waals surface area contributed by atoms with E-state index in [1.165, 1.54) is 0 Å². The van der Waals surface area contributed by atoms with E-state index in [1.807, 2.05) is 49.4 Å². The van der Waals surface area contributed by atoms with E-state index in [9.17, 15) is 5.11 Å². The fourth-order valence-corrected chi connectivity index (χ4v) is 6.21. The lowest BCUT2D eigenvalue weighted by Crippen LogP contribution is -2.55. The molecule has 3 aromatic rings. The van der Waals surface area contributed by atoms with Gasteiger partial charge in [0.15, 0.2) is 0 Å². The van der Waals surface area contributed by atoms with Gasteiger partial charge in [0.2, 0.25) is 0 Å². The number of aromatic nitrogens is 3. The van der Waals surface area contributed by atoms with Crippen molar-refractivity contribution in [1.82, 2.24) is 20.1 Å². The minimum Gasteiger partial charge on any atom is -0.486 e. The highest BCUT2D eigenvalue weighted by Gasteiger charge is 2.39. The second-order valence-electron chi connectivity index (χ2n) is 11.1. The number of nitrogens with one attached hydrogen (secondary N) is 1. The number of benzene rings is 1. The van der Waals surface area contributed by atoms with Gasteiger partial charge in [0, 0.05) is 36.4 Å². The van der Waals surface area contributed by atoms with Crippen molar-refractivity contribution in [1.29, 1.82) is 0 Å². The molecule has 8 nitrogen and oxygen atoms in total. The van der Waals surface area contributed by atoms with E-state index >= 15 is 0 Å². The van der Waals surface area contributed by atoms with Gasteiger partial charge < -0.3 is 14.6 Å². The molecule has 1 aliphatic heterocycles. The number of morpholine rings is 1. The molecule has 236 valence electrons. The molecule has 0 bridgehead atoms. The van der Waals surface area contributed by atoms with Gasteiger partial charge in [0.1, 0.15) is 17.6 Å². The summed E-state index contributed by atoms with van der Waals surface area (Å²) in [5.74, 6) is 0.831. The molecule has 3 atom stereocenters. The van der Waals surface area contributed by atoms with Crippen molar-refractivity contribution in [2.24, 2.45) is 10.9 Å². The van der Waals surface area contributed by atoms with Gasteiger partial charge in [0.25, 0.3) is 0 Å². The lowest BCUT2D eigenvalue weighted by Gasteiger charge is -2.45. The molecule has 4 rings (SSSR count). The first-order chi connectivity index (χ1) is 21.2. The van der Waals surface area contributed by atoms with E-state index < -0.39 is 5.72 Å². The molecular weight excluding hydrogens is 597 g/mol. The average molecular weight is 641 g/mol. The predicted molar refractivity (Wildman–Crippen MR) is 180 cm³/mol. The molecule has 1 fully saturated rings. The van der Waals surface area contributed by atoms with Gasteiger partial charge in [-0.15, -0.1) is 0 Å². The van der Waals surface area contributed by atoms with Crippen LogP contribution in [0.3, 0.4) is 0 Å². The largest absolute Gasteiger partial charge is 0.486 e. The van der Waals surface area contributed by atoms with Crippen molar-refractivity contribution >= 4 is 46.9 Å². The molecule has 44 heavy (non-hydrogen) atoms. The molecule has 3 unspecified atom stereocenters. The Morgan fingerprint density at radius 2 is 1.93 bits per heavy atom. The zero-order valence-electron chi connectivity index (χ0n) is 26.0. The highest BCUT2D eigenvalue weighted by molar-refractivity contribution is 6.35. The second-order valence-corrected chi connectivity index (χ2v) is 11.9. The van der Waals surface area contributed by atoms with Crippen molar-refractivity contribution in [2.45, 2.75) is 65.2 Å². The summed E-state index contributed by atoms with van der Waals surface area (Å²) in [6.07, 6.45) is 14.0. The third-order valence-corrected chi connectivity index (χ3v) is 8.82. The van der Waals surface area contributed by atoms with Crippen LogP contribution in [0.25, 0.3) is 17.0 Å². The number of aliphatic imine (C=N–C) groups is 1. The van der Waals surface area contributed by atoms with Crippen LogP contribution in [0.2, 0.25) is 10.0 Å². The number of hydrogen-bond acceptors (Lipinski definition) is 7. The zero-order valence-corrected chi connectivity index (χ0v) is 27.5. The van der Waals surface area contributed by atoms with Gasteiger partial charge in [-0.25, -0.2) is 0 Å². The van der Waals surface area contributed by atoms with Gasteiger partial charge >= 0.3 is 0 Å². The number of halogens is 2. The topological polar surface area (TPSA) is 95.9 Å². The van der Waals surface area contributed by atoms with E-state index in [2.05, 4.69) is 52.6 Å². The molecular formula is C34H43Cl2N5O3. The van der Waals surface area contributed by atoms with E-state index in [4.69, 9.17) is 32.7 Å². The molecule has 2 N–H and O–H groups in total. The first-order valence-corrected chi connectivity index (χ1v) is 16.0. The fraction of sp³-hybridized carbons (Fsp3) is 0.441. The maximum Gasteiger partial charge on any atom is 0.141 e. The standard InChI is InChI=1S/C34H43Cl2N5O3/c1-6-8-15-34(42,41-16-18-43-19-17-41)28(23(3)7-2)12-9-25(37-5)10-13-31-27-20-26(11-14-32(27)40-39-31)44-24(4)33-29(35)21-38-22-30(33)36/h9-14,20-24,42H,5-8,15-19H2,1-4H3,(H,39,40)/b13-10+,25-9-,28-12+. The number of hydrogen-bond donors (Lipinski definition) is 2. The molecule has 0 saturated carbocycles. The molecule has 1 aliphatic rings. The number of aliphatic hydroxyl groups is 1. The second kappa shape index (κ2) is 15.8. The number of aromatic amines is 1. The summed E-state index contributed by atoms with van der Waals surface area (Å²) in [5.41, 5.74) is 2.88. The summed E-state index contributed by atoms with van der Waals surface area (Å²) in [6, 6.07) is 5.73. The highest BCUT2D eigenvalue weighted by Crippen LogP contribution is 2.36. The Morgan fingerprint density at radius 1 is 1.20 bits per heavy atom. The van der Waals surface area contributed by atoms with Crippen LogP contribution in [0.15, 0.2) is 65.1 Å². The number of unbranched alkanes of at least 4 members (excludes halogenated alkanes) is 1. The van der Waals surface area contributed by atoms with E-state index in [-0.39, 0.29) is 12.0 Å². The maximum absolute atomic E-state index is 12.2. The van der Waals surface area contributed by atoms with Crippen LogP contribution >= 0.6 is 23.2 Å². The van der Waals surface area contributed by atoms with E-state index in [0.717, 1.165) is 41.4 Å². The minimum atomic E-state index is -1.04. The third-order valence-electron chi connectivity index (χ3n) is 8.22. The van der Waals surface area contributed by atoms with Gasteiger partial charge in [-0.05, 0) is 80.8 Å². The lowest BCUT2D eigenvalue weighted by molar-refractivity contribution is -0.126. The van der Waals surface area contributed by atoms with Gasteiger partial charge in [-0.3, -0.25) is 20.0 Å². The summed E-state index contributed by atoms with van der Waals surface area (Å²) in [4.78, 5) is 10.5. The van der Waals surface area contributed by atoms with E-state index in [0.29, 0.717) is 59.8 Å². The number of pyridine rings is 1. The summed E-state index contributed by atoms with van der Waals surface area (Å²) < 4.78 is 11.8. The average Bonchev–Trinajstić information content (AvgIpc) is 3.43. The Balaban J connectivity index is 1.61. The molecule has 10 heteroatoms. The summed E-state index contributed by atoms with van der Waals surface area (Å²) in [7, 11) is 0. The normalized spacial score (nSPS) is 18.0. The number of allylic oxidation sites excluding steroid dienone is 3.